The molecule has 1 atom stereocenters. The first-order valence-electron chi connectivity index (χ1n) is 7.97. The number of carbonyl (C=O) groups is 2. The van der Waals surface area contributed by atoms with Crippen molar-refractivity contribution in [1.82, 2.24) is 10.3 Å². The number of rotatable bonds is 4. The minimum atomic E-state index is -3.15. The molecule has 2 aliphatic rings. The minimum Gasteiger partial charge on any atom is -0.347 e. The van der Waals surface area contributed by atoms with Crippen molar-refractivity contribution in [2.75, 3.05) is 11.5 Å². The number of benzene rings is 1. The van der Waals surface area contributed by atoms with Crippen LogP contribution in [0.5, 0.6) is 0 Å². The lowest BCUT2D eigenvalue weighted by atomic mass is 10.1. The van der Waals surface area contributed by atoms with Gasteiger partial charge >= 0.3 is 0 Å². The Kier molecular flexibility index (Phi) is 4.85. The van der Waals surface area contributed by atoms with Crippen molar-refractivity contribution in [3.8, 4) is 0 Å². The molecule has 1 N–H and O–H groups in total. The standard InChI is InChI=1S/C16H18FN3O4S/c17-12-3-1-11(2-4-12)9-18-16(22)14-5-6-15(21)20(19-14)13-7-8-25(23,24)10-13/h1-4,13H,5-10H2,(H,18,22). The van der Waals surface area contributed by atoms with Crippen molar-refractivity contribution in [2.45, 2.75) is 31.8 Å². The molecule has 1 saturated heterocycles. The summed E-state index contributed by atoms with van der Waals surface area (Å²) in [6.07, 6.45) is 0.672. The molecular weight excluding hydrogens is 349 g/mol. The number of hydrogen-bond donors (Lipinski definition) is 1. The summed E-state index contributed by atoms with van der Waals surface area (Å²) in [6, 6.07) is 5.24. The molecule has 0 spiro atoms. The monoisotopic (exact) mass is 367 g/mol. The SMILES string of the molecule is O=C(NCc1ccc(F)cc1)C1=NN(C2CCS(=O)(=O)C2)C(=O)CC1. The summed E-state index contributed by atoms with van der Waals surface area (Å²) in [6.45, 7) is 0.212. The third-order valence-electron chi connectivity index (χ3n) is 4.24. The molecule has 25 heavy (non-hydrogen) atoms. The highest BCUT2D eigenvalue weighted by atomic mass is 32.2. The Morgan fingerprint density at radius 1 is 1.28 bits per heavy atom. The summed E-state index contributed by atoms with van der Waals surface area (Å²) in [7, 11) is -3.15. The van der Waals surface area contributed by atoms with Gasteiger partial charge in [-0.05, 0) is 24.1 Å². The molecule has 7 nitrogen and oxygen atoms in total. The zero-order valence-electron chi connectivity index (χ0n) is 13.4. The summed E-state index contributed by atoms with van der Waals surface area (Å²) in [4.78, 5) is 24.3. The zero-order chi connectivity index (χ0) is 18.0. The van der Waals surface area contributed by atoms with Crippen LogP contribution < -0.4 is 5.32 Å². The van der Waals surface area contributed by atoms with Crippen LogP contribution in [-0.4, -0.2) is 48.5 Å². The number of hydrazone groups is 1. The van der Waals surface area contributed by atoms with Gasteiger partial charge in [-0.1, -0.05) is 12.1 Å². The van der Waals surface area contributed by atoms with Gasteiger partial charge in [0.25, 0.3) is 5.91 Å². The molecule has 0 radical (unpaired) electrons. The van der Waals surface area contributed by atoms with Crippen LogP contribution in [0, 0.1) is 5.82 Å². The van der Waals surface area contributed by atoms with Gasteiger partial charge in [0, 0.05) is 19.4 Å². The van der Waals surface area contributed by atoms with Gasteiger partial charge in [0.15, 0.2) is 9.84 Å². The predicted octanol–water partition coefficient (Wildman–Crippen LogP) is 0.607. The molecule has 2 heterocycles. The van der Waals surface area contributed by atoms with E-state index in [1.165, 1.54) is 12.1 Å². The van der Waals surface area contributed by atoms with E-state index in [1.807, 2.05) is 0 Å². The molecule has 134 valence electrons. The van der Waals surface area contributed by atoms with Crippen LogP contribution >= 0.6 is 0 Å². The Morgan fingerprint density at radius 3 is 2.64 bits per heavy atom. The molecule has 1 unspecified atom stereocenters. The number of nitrogens with zero attached hydrogens (tertiary/aromatic N) is 2. The van der Waals surface area contributed by atoms with E-state index in [0.717, 1.165) is 10.6 Å². The maximum absolute atomic E-state index is 12.9. The Labute approximate surface area is 144 Å². The van der Waals surface area contributed by atoms with Gasteiger partial charge < -0.3 is 5.32 Å². The maximum Gasteiger partial charge on any atom is 0.267 e. The molecule has 9 heteroatoms. The largest absolute Gasteiger partial charge is 0.347 e. The average molecular weight is 367 g/mol. The number of carbonyl (C=O) groups excluding carboxylic acids is 2. The van der Waals surface area contributed by atoms with Gasteiger partial charge in [-0.3, -0.25) is 9.59 Å². The lowest BCUT2D eigenvalue weighted by molar-refractivity contribution is -0.133. The first-order chi connectivity index (χ1) is 11.8. The normalized spacial score (nSPS) is 22.6. The van der Waals surface area contributed by atoms with Crippen molar-refractivity contribution in [1.29, 1.82) is 0 Å². The highest BCUT2D eigenvalue weighted by Crippen LogP contribution is 2.22. The summed E-state index contributed by atoms with van der Waals surface area (Å²) in [5, 5.41) is 7.94. The molecule has 1 fully saturated rings. The van der Waals surface area contributed by atoms with Gasteiger partial charge in [0.1, 0.15) is 11.5 Å². The van der Waals surface area contributed by atoms with Crippen molar-refractivity contribution in [3.05, 3.63) is 35.6 Å². The van der Waals surface area contributed by atoms with Crippen molar-refractivity contribution in [3.63, 3.8) is 0 Å². The van der Waals surface area contributed by atoms with Crippen molar-refractivity contribution in [2.24, 2.45) is 5.10 Å². The second-order valence-corrected chi connectivity index (χ2v) is 8.38. The van der Waals surface area contributed by atoms with Crippen LogP contribution in [0.1, 0.15) is 24.8 Å². The second-order valence-electron chi connectivity index (χ2n) is 6.15. The van der Waals surface area contributed by atoms with Crippen LogP contribution in [0.4, 0.5) is 4.39 Å². The zero-order valence-corrected chi connectivity index (χ0v) is 14.3. The van der Waals surface area contributed by atoms with Crippen LogP contribution in [0.25, 0.3) is 0 Å². The lowest BCUT2D eigenvalue weighted by Crippen LogP contribution is -2.43. The highest BCUT2D eigenvalue weighted by molar-refractivity contribution is 7.91. The van der Waals surface area contributed by atoms with Crippen molar-refractivity contribution >= 4 is 27.4 Å². The van der Waals surface area contributed by atoms with E-state index in [1.54, 1.807) is 12.1 Å². The quantitative estimate of drug-likeness (QED) is 0.843. The predicted molar refractivity (Wildman–Crippen MR) is 88.8 cm³/mol. The molecule has 0 saturated carbocycles. The molecule has 1 aromatic carbocycles. The Bertz CT molecular complexity index is 820. The summed E-state index contributed by atoms with van der Waals surface area (Å²) < 4.78 is 36.1. The minimum absolute atomic E-state index is 0.0308. The van der Waals surface area contributed by atoms with Crippen LogP contribution in [0.15, 0.2) is 29.4 Å². The van der Waals surface area contributed by atoms with Crippen LogP contribution in [0.3, 0.4) is 0 Å². The average Bonchev–Trinajstić information content (AvgIpc) is 2.94. The third kappa shape index (κ3) is 4.22. The molecule has 0 aromatic heterocycles. The fourth-order valence-electron chi connectivity index (χ4n) is 2.87. The number of amides is 2. The fraction of sp³-hybridized carbons (Fsp3) is 0.438. The first-order valence-corrected chi connectivity index (χ1v) is 9.79. The van der Waals surface area contributed by atoms with Crippen LogP contribution in [-0.2, 0) is 26.0 Å². The van der Waals surface area contributed by atoms with E-state index < -0.39 is 21.8 Å². The van der Waals surface area contributed by atoms with Gasteiger partial charge in [-0.25, -0.2) is 17.8 Å². The molecule has 0 aliphatic carbocycles. The van der Waals surface area contributed by atoms with E-state index in [2.05, 4.69) is 10.4 Å². The Balaban J connectivity index is 1.66. The van der Waals surface area contributed by atoms with E-state index in [4.69, 9.17) is 0 Å². The summed E-state index contributed by atoms with van der Waals surface area (Å²) >= 11 is 0. The molecule has 2 amide bonds. The van der Waals surface area contributed by atoms with Gasteiger partial charge in [0.2, 0.25) is 5.91 Å². The Hall–Kier alpha value is -2.29. The molecular formula is C16H18FN3O4S. The van der Waals surface area contributed by atoms with E-state index >= 15 is 0 Å². The van der Waals surface area contributed by atoms with Gasteiger partial charge in [-0.15, -0.1) is 0 Å². The van der Waals surface area contributed by atoms with Gasteiger partial charge in [0.05, 0.1) is 17.5 Å². The third-order valence-corrected chi connectivity index (χ3v) is 5.99. The summed E-state index contributed by atoms with van der Waals surface area (Å²) in [5.74, 6) is -1.12. The van der Waals surface area contributed by atoms with Crippen LogP contribution in [0.2, 0.25) is 0 Å². The molecule has 3 rings (SSSR count). The molecule has 1 aromatic rings. The first kappa shape index (κ1) is 17.5. The molecule has 2 aliphatic heterocycles. The van der Waals surface area contributed by atoms with E-state index in [-0.39, 0.29) is 48.3 Å². The number of sulfone groups is 1. The van der Waals surface area contributed by atoms with E-state index in [0.29, 0.717) is 6.42 Å². The number of halogens is 1. The smallest absolute Gasteiger partial charge is 0.267 e. The van der Waals surface area contributed by atoms with E-state index in [9.17, 15) is 22.4 Å². The maximum atomic E-state index is 12.9. The summed E-state index contributed by atoms with van der Waals surface area (Å²) in [5.41, 5.74) is 0.937. The fourth-order valence-corrected chi connectivity index (χ4v) is 4.57. The van der Waals surface area contributed by atoms with Gasteiger partial charge in [-0.2, -0.15) is 5.10 Å². The lowest BCUT2D eigenvalue weighted by Gasteiger charge is -2.27. The van der Waals surface area contributed by atoms with Crippen molar-refractivity contribution < 1.29 is 22.4 Å². The molecule has 0 bridgehead atoms. The topological polar surface area (TPSA) is 95.9 Å². The Morgan fingerprint density at radius 2 is 2.00 bits per heavy atom. The number of hydrogen-bond acceptors (Lipinski definition) is 5. The number of nitrogens with one attached hydrogen (secondary N) is 1. The highest BCUT2D eigenvalue weighted by Gasteiger charge is 2.37. The second kappa shape index (κ2) is 6.91.